The average Bonchev–Trinajstić information content (AvgIpc) is 3.65. The number of anilines is 5. The lowest BCUT2D eigenvalue weighted by molar-refractivity contribution is 0.332. The van der Waals surface area contributed by atoms with Gasteiger partial charge in [-0.05, 0) is 162 Å². The van der Waals surface area contributed by atoms with Crippen molar-refractivity contribution >= 4 is 79.0 Å². The maximum Gasteiger partial charge on any atom is 0.297 e. The van der Waals surface area contributed by atoms with Crippen molar-refractivity contribution in [3.63, 3.8) is 0 Å². The van der Waals surface area contributed by atoms with Crippen LogP contribution in [0, 0.1) is 12.3 Å². The standard InChI is InChI=1S/C63H69BN2O/c1-38-32-53-56-54(33-38)66(51-28-24-41(60(5,6)7)34-46(51)45-21-17-19-39-18-15-16-20-44(39)45)52-37-49-48(62(11,12)30-31-63(49,13)14)36-50(52)64(56)58-57(47-35-42(61(8,9)10)25-29-55(47)67-58)65(53)43-26-22-40(23-27-43)59(2,3)4/h15-27,29,32-37,51H,28,30-31H2,1-14H3. The second kappa shape index (κ2) is 14.6. The highest BCUT2D eigenvalue weighted by atomic mass is 16.3. The van der Waals surface area contributed by atoms with Crippen LogP contribution in [0.3, 0.4) is 0 Å². The molecule has 0 fully saturated rings. The van der Waals surface area contributed by atoms with Crippen molar-refractivity contribution in [2.45, 2.75) is 144 Å². The number of allylic oxidation sites excluding steroid dienone is 2. The van der Waals surface area contributed by atoms with Gasteiger partial charge < -0.3 is 14.2 Å². The summed E-state index contributed by atoms with van der Waals surface area (Å²) in [6, 6.07) is 42.5. The van der Waals surface area contributed by atoms with Crippen molar-refractivity contribution in [3.8, 4) is 0 Å². The molecule has 6 aromatic carbocycles. The molecular formula is C63H69BN2O. The highest BCUT2D eigenvalue weighted by Gasteiger charge is 2.50. The van der Waals surface area contributed by atoms with E-state index in [1.807, 2.05) is 0 Å². The summed E-state index contributed by atoms with van der Waals surface area (Å²) >= 11 is 0. The normalized spacial score (nSPS) is 18.6. The van der Waals surface area contributed by atoms with E-state index in [2.05, 4.69) is 228 Å². The summed E-state index contributed by atoms with van der Waals surface area (Å²) in [4.78, 5) is 5.36. The minimum absolute atomic E-state index is 0.00350. The van der Waals surface area contributed by atoms with Gasteiger partial charge in [-0.3, -0.25) is 0 Å². The topological polar surface area (TPSA) is 19.6 Å². The fourth-order valence-corrected chi connectivity index (χ4v) is 12.1. The van der Waals surface area contributed by atoms with E-state index in [1.165, 1.54) is 94.4 Å². The Morgan fingerprint density at radius 3 is 1.96 bits per heavy atom. The fraction of sp³-hybridized carbons (Fsp3) is 0.365. The maximum atomic E-state index is 7.45. The first-order chi connectivity index (χ1) is 31.5. The third kappa shape index (κ3) is 6.89. The van der Waals surface area contributed by atoms with Crippen LogP contribution in [-0.4, -0.2) is 12.8 Å². The molecule has 1 aromatic heterocycles. The molecule has 0 saturated heterocycles. The smallest absolute Gasteiger partial charge is 0.297 e. The molecule has 1 atom stereocenters. The fourth-order valence-electron chi connectivity index (χ4n) is 12.1. The van der Waals surface area contributed by atoms with Crippen molar-refractivity contribution < 1.29 is 4.42 Å². The Hall–Kier alpha value is -5.74. The second-order valence-corrected chi connectivity index (χ2v) is 24.9. The molecule has 7 aromatic rings. The first-order valence-electron chi connectivity index (χ1n) is 25.0. The van der Waals surface area contributed by atoms with Gasteiger partial charge in [-0.1, -0.05) is 169 Å². The summed E-state index contributed by atoms with van der Waals surface area (Å²) in [5.41, 5.74) is 21.8. The minimum atomic E-state index is -0.108. The molecule has 0 spiro atoms. The van der Waals surface area contributed by atoms with Gasteiger partial charge >= 0.3 is 0 Å². The van der Waals surface area contributed by atoms with E-state index in [9.17, 15) is 0 Å². The largest absolute Gasteiger partial charge is 0.468 e. The molecule has 0 saturated carbocycles. The van der Waals surface area contributed by atoms with Crippen LogP contribution in [0.5, 0.6) is 0 Å². The van der Waals surface area contributed by atoms with Crippen LogP contribution in [0.4, 0.5) is 28.4 Å². The quantitative estimate of drug-likeness (QED) is 0.165. The summed E-state index contributed by atoms with van der Waals surface area (Å²) < 4.78 is 7.45. The Labute approximate surface area is 401 Å². The lowest BCUT2D eigenvalue weighted by Crippen LogP contribution is -2.63. The molecule has 11 rings (SSSR count). The molecular weight excluding hydrogens is 812 g/mol. The molecule has 67 heavy (non-hydrogen) atoms. The zero-order valence-electron chi connectivity index (χ0n) is 42.6. The third-order valence-corrected chi connectivity index (χ3v) is 16.2. The molecule has 0 amide bonds. The molecule has 1 unspecified atom stereocenters. The molecule has 3 nitrogen and oxygen atoms in total. The van der Waals surface area contributed by atoms with Gasteiger partial charge in [-0.25, -0.2) is 0 Å². The van der Waals surface area contributed by atoms with Crippen molar-refractivity contribution in [2.75, 3.05) is 9.80 Å². The third-order valence-electron chi connectivity index (χ3n) is 16.2. The second-order valence-electron chi connectivity index (χ2n) is 24.9. The van der Waals surface area contributed by atoms with Gasteiger partial charge in [-0.2, -0.15) is 0 Å². The monoisotopic (exact) mass is 881 g/mol. The van der Waals surface area contributed by atoms with E-state index >= 15 is 0 Å². The van der Waals surface area contributed by atoms with E-state index in [0.29, 0.717) is 0 Å². The molecule has 3 heterocycles. The molecule has 4 aliphatic rings. The van der Waals surface area contributed by atoms with Crippen LogP contribution in [-0.2, 0) is 21.7 Å². The Bertz CT molecular complexity index is 3240. The van der Waals surface area contributed by atoms with Crippen molar-refractivity contribution in [3.05, 3.63) is 160 Å². The van der Waals surface area contributed by atoms with Gasteiger partial charge in [-0.15, -0.1) is 0 Å². The van der Waals surface area contributed by atoms with E-state index in [0.717, 1.165) is 36.2 Å². The van der Waals surface area contributed by atoms with Gasteiger partial charge in [0.25, 0.3) is 6.71 Å². The van der Waals surface area contributed by atoms with Gasteiger partial charge in [0.05, 0.1) is 17.4 Å². The Balaban J connectivity index is 1.25. The first kappa shape index (κ1) is 43.8. The lowest BCUT2D eigenvalue weighted by atomic mass is 9.35. The number of rotatable bonds is 3. The highest BCUT2D eigenvalue weighted by Crippen LogP contribution is 2.52. The lowest BCUT2D eigenvalue weighted by Gasteiger charge is -2.49. The first-order valence-corrected chi connectivity index (χ1v) is 25.0. The Morgan fingerprint density at radius 2 is 1.27 bits per heavy atom. The van der Waals surface area contributed by atoms with Crippen LogP contribution in [0.1, 0.15) is 143 Å². The molecule has 340 valence electrons. The molecule has 4 heteroatoms. The van der Waals surface area contributed by atoms with Gasteiger partial charge in [0.2, 0.25) is 0 Å². The minimum Gasteiger partial charge on any atom is -0.468 e. The Kier molecular flexibility index (Phi) is 9.57. The summed E-state index contributed by atoms with van der Waals surface area (Å²) in [5, 5.41) is 3.75. The summed E-state index contributed by atoms with van der Waals surface area (Å²) in [6.07, 6.45) is 8.31. The van der Waals surface area contributed by atoms with Crippen LogP contribution in [0.25, 0.3) is 27.3 Å². The van der Waals surface area contributed by atoms with Crippen molar-refractivity contribution in [1.29, 1.82) is 0 Å². The predicted molar refractivity (Wildman–Crippen MR) is 289 cm³/mol. The van der Waals surface area contributed by atoms with E-state index in [-0.39, 0.29) is 39.8 Å². The molecule has 0 bridgehead atoms. The number of aryl methyl sites for hydroxylation is 1. The molecule has 0 radical (unpaired) electrons. The number of nitrogens with zero attached hydrogens (tertiary/aromatic N) is 2. The van der Waals surface area contributed by atoms with Crippen LogP contribution in [0.15, 0.2) is 131 Å². The number of benzene rings is 6. The summed E-state index contributed by atoms with van der Waals surface area (Å²) in [5.74, 6) is 0. The van der Waals surface area contributed by atoms with Gasteiger partial charge in [0.1, 0.15) is 5.58 Å². The maximum absolute atomic E-state index is 7.45. The van der Waals surface area contributed by atoms with Gasteiger partial charge in [0, 0.05) is 28.1 Å². The van der Waals surface area contributed by atoms with Crippen LogP contribution < -0.4 is 26.4 Å². The van der Waals surface area contributed by atoms with E-state index in [1.54, 1.807) is 0 Å². The van der Waals surface area contributed by atoms with E-state index < -0.39 is 0 Å². The predicted octanol–water partition coefficient (Wildman–Crippen LogP) is 15.4. The summed E-state index contributed by atoms with van der Waals surface area (Å²) in [6.45, 7) is 33.1. The Morgan fingerprint density at radius 1 is 0.627 bits per heavy atom. The number of hydrogen-bond donors (Lipinski definition) is 0. The van der Waals surface area contributed by atoms with Crippen LogP contribution >= 0.6 is 0 Å². The van der Waals surface area contributed by atoms with E-state index in [4.69, 9.17) is 4.42 Å². The number of fused-ring (bicyclic) bond motifs is 8. The number of hydrogen-bond acceptors (Lipinski definition) is 3. The molecule has 2 aliphatic carbocycles. The number of furan rings is 1. The average molecular weight is 881 g/mol. The van der Waals surface area contributed by atoms with Crippen molar-refractivity contribution in [2.24, 2.45) is 5.41 Å². The highest BCUT2D eigenvalue weighted by molar-refractivity contribution is 7.00. The van der Waals surface area contributed by atoms with Crippen molar-refractivity contribution in [1.82, 2.24) is 0 Å². The van der Waals surface area contributed by atoms with Crippen LogP contribution in [0.2, 0.25) is 0 Å². The molecule has 0 N–H and O–H groups in total. The SMILES string of the molecule is Cc1cc2c3c(c1)N(C1CC=C(C(C)(C)C)C=C1c1cccc4ccccc14)c1cc4c(cc1B3c1oc3ccc(C(C)(C)C)cc3c1N2c1ccc(C(C)(C)C)cc1)C(C)(C)CCC4(C)C. The zero-order valence-corrected chi connectivity index (χ0v) is 42.6. The molecule has 2 aliphatic heterocycles. The zero-order chi connectivity index (χ0) is 47.3. The summed E-state index contributed by atoms with van der Waals surface area (Å²) in [7, 11) is 0. The van der Waals surface area contributed by atoms with Gasteiger partial charge in [0.15, 0.2) is 0 Å².